The summed E-state index contributed by atoms with van der Waals surface area (Å²) in [7, 11) is -1.37. The summed E-state index contributed by atoms with van der Waals surface area (Å²) in [5.41, 5.74) is 5.04. The summed E-state index contributed by atoms with van der Waals surface area (Å²) < 4.78 is 0. The Morgan fingerprint density at radius 1 is 0.846 bits per heavy atom. The molecule has 0 aromatic heterocycles. The van der Waals surface area contributed by atoms with Crippen LogP contribution in [0.5, 0.6) is 0 Å². The highest BCUT2D eigenvalue weighted by atomic mass is 28.3. The third-order valence-corrected chi connectivity index (χ3v) is 14.7. The van der Waals surface area contributed by atoms with Crippen molar-refractivity contribution in [2.45, 2.75) is 71.1 Å². The fourth-order valence-electron chi connectivity index (χ4n) is 7.78. The van der Waals surface area contributed by atoms with Crippen molar-refractivity contribution in [3.05, 3.63) is 41.5 Å². The van der Waals surface area contributed by atoms with E-state index in [0.717, 1.165) is 52.5 Å². The van der Waals surface area contributed by atoms with E-state index in [1.807, 2.05) is 0 Å². The normalized spacial score (nSPS) is 44.8. The van der Waals surface area contributed by atoms with Crippen LogP contribution in [0.15, 0.2) is 30.3 Å². The van der Waals surface area contributed by atoms with Gasteiger partial charge in [-0.3, -0.25) is 0 Å². The van der Waals surface area contributed by atoms with Crippen LogP contribution in [0.1, 0.15) is 58.1 Å². The average molecular weight is 367 g/mol. The van der Waals surface area contributed by atoms with E-state index in [1.165, 1.54) is 12.0 Å². The highest BCUT2D eigenvalue weighted by Gasteiger charge is 2.56. The number of allylic oxidation sites excluding steroid dienone is 1. The largest absolute Gasteiger partial charge is 0.0802 e. The second-order valence-electron chi connectivity index (χ2n) is 10.7. The molecule has 4 rings (SSSR count). The molecule has 8 unspecified atom stereocenters. The van der Waals surface area contributed by atoms with Crippen LogP contribution in [-0.2, 0) is 0 Å². The summed E-state index contributed by atoms with van der Waals surface area (Å²) in [5, 5.41) is 0. The van der Waals surface area contributed by atoms with Gasteiger partial charge in [0.05, 0.1) is 8.07 Å². The van der Waals surface area contributed by atoms with Gasteiger partial charge in [0.2, 0.25) is 0 Å². The Kier molecular flexibility index (Phi) is 4.54. The summed E-state index contributed by atoms with van der Waals surface area (Å²) in [6, 6.07) is 9.18. The molecule has 2 saturated carbocycles. The first-order chi connectivity index (χ1) is 12.2. The predicted molar refractivity (Wildman–Crippen MR) is 117 cm³/mol. The molecule has 1 aromatic rings. The summed E-state index contributed by atoms with van der Waals surface area (Å²) in [4.78, 5) is 0. The van der Waals surface area contributed by atoms with Crippen LogP contribution in [-0.4, -0.2) is 8.07 Å². The van der Waals surface area contributed by atoms with Crippen LogP contribution in [0.3, 0.4) is 0 Å². The van der Waals surface area contributed by atoms with Crippen LogP contribution >= 0.6 is 0 Å². The van der Waals surface area contributed by atoms with E-state index in [0.29, 0.717) is 0 Å². The summed E-state index contributed by atoms with van der Waals surface area (Å²) in [6.45, 7) is 18.2. The number of rotatable bonds is 2. The molecule has 26 heavy (non-hydrogen) atoms. The van der Waals surface area contributed by atoms with Gasteiger partial charge in [-0.25, -0.2) is 0 Å². The van der Waals surface area contributed by atoms with Crippen molar-refractivity contribution in [3.63, 3.8) is 0 Å². The van der Waals surface area contributed by atoms with Gasteiger partial charge in [0.15, 0.2) is 0 Å². The van der Waals surface area contributed by atoms with Gasteiger partial charge in [-0.05, 0) is 70.1 Å². The lowest BCUT2D eigenvalue weighted by Gasteiger charge is -2.44. The smallest absolute Gasteiger partial charge is 0.0547 e. The molecular formula is C25H38Si. The average Bonchev–Trinajstić information content (AvgIpc) is 3.06. The third-order valence-electron chi connectivity index (χ3n) is 9.41. The Morgan fingerprint density at radius 3 is 2.12 bits per heavy atom. The van der Waals surface area contributed by atoms with E-state index in [2.05, 4.69) is 84.1 Å². The monoisotopic (exact) mass is 366 g/mol. The lowest BCUT2D eigenvalue weighted by atomic mass is 9.78. The van der Waals surface area contributed by atoms with Gasteiger partial charge < -0.3 is 0 Å². The molecule has 0 heterocycles. The van der Waals surface area contributed by atoms with E-state index in [4.69, 9.17) is 0 Å². The first kappa shape index (κ1) is 18.5. The van der Waals surface area contributed by atoms with Crippen LogP contribution in [0.2, 0.25) is 24.2 Å². The van der Waals surface area contributed by atoms with Crippen LogP contribution in [0, 0.1) is 35.5 Å². The zero-order valence-corrected chi connectivity index (χ0v) is 18.9. The standard InChI is InChI=1S/C25H38Si/c1-15-14-23(22-13-12-20-10-8-9-11-21(20)24(15)22)26(6,7)25-18(4)16(2)17(3)19(25)5/h8-13,15-19,22-25H,14H2,1-7H3. The topological polar surface area (TPSA) is 0 Å². The zero-order chi connectivity index (χ0) is 18.8. The first-order valence-corrected chi connectivity index (χ1v) is 14.2. The fraction of sp³-hybridized carbons (Fsp3) is 0.680. The summed E-state index contributed by atoms with van der Waals surface area (Å²) >= 11 is 0. The Labute approximate surface area is 162 Å². The molecule has 0 saturated heterocycles. The second kappa shape index (κ2) is 6.36. The van der Waals surface area contributed by atoms with Gasteiger partial charge in [0.25, 0.3) is 0 Å². The Balaban J connectivity index is 1.69. The molecule has 0 nitrogen and oxygen atoms in total. The summed E-state index contributed by atoms with van der Waals surface area (Å²) in [6.07, 6.45) is 6.51. The van der Waals surface area contributed by atoms with Crippen molar-refractivity contribution in [1.29, 1.82) is 0 Å². The number of hydrogen-bond donors (Lipinski definition) is 0. The molecule has 0 bridgehead atoms. The maximum Gasteiger partial charge on any atom is 0.0547 e. The van der Waals surface area contributed by atoms with Crippen LogP contribution in [0.4, 0.5) is 0 Å². The van der Waals surface area contributed by atoms with Crippen LogP contribution in [0.25, 0.3) is 6.08 Å². The van der Waals surface area contributed by atoms with E-state index in [1.54, 1.807) is 5.56 Å². The molecule has 2 fully saturated rings. The molecule has 1 heteroatoms. The van der Waals surface area contributed by atoms with Crippen molar-refractivity contribution in [3.8, 4) is 0 Å². The first-order valence-electron chi connectivity index (χ1n) is 11.0. The highest BCUT2D eigenvalue weighted by molar-refractivity contribution is 6.80. The summed E-state index contributed by atoms with van der Waals surface area (Å²) in [5.74, 6) is 5.94. The number of hydrogen-bond acceptors (Lipinski definition) is 0. The Bertz CT molecular complexity index is 688. The van der Waals surface area contributed by atoms with Gasteiger partial charge in [-0.2, -0.15) is 0 Å². The van der Waals surface area contributed by atoms with Crippen molar-refractivity contribution in [1.82, 2.24) is 0 Å². The molecule has 0 amide bonds. The molecule has 0 spiro atoms. The van der Waals surface area contributed by atoms with Crippen molar-refractivity contribution in [2.75, 3.05) is 0 Å². The van der Waals surface area contributed by atoms with Gasteiger partial charge in [0, 0.05) is 0 Å². The molecule has 1 aromatic carbocycles. The molecule has 0 aliphatic heterocycles. The number of fused-ring (bicyclic) bond motifs is 3. The lowest BCUT2D eigenvalue weighted by molar-refractivity contribution is 0.352. The maximum absolute atomic E-state index is 2.75. The highest BCUT2D eigenvalue weighted by Crippen LogP contribution is 2.63. The molecule has 3 aliphatic carbocycles. The van der Waals surface area contributed by atoms with Crippen molar-refractivity contribution < 1.29 is 0 Å². The van der Waals surface area contributed by atoms with Gasteiger partial charge in [-0.1, -0.05) is 84.1 Å². The molecule has 3 aliphatic rings. The van der Waals surface area contributed by atoms with Crippen molar-refractivity contribution in [2.24, 2.45) is 35.5 Å². The van der Waals surface area contributed by atoms with E-state index in [9.17, 15) is 0 Å². The molecular weight excluding hydrogens is 328 g/mol. The molecule has 0 N–H and O–H groups in total. The van der Waals surface area contributed by atoms with E-state index >= 15 is 0 Å². The predicted octanol–water partition coefficient (Wildman–Crippen LogP) is 7.46. The Hall–Kier alpha value is -0.823. The number of benzene rings is 1. The second-order valence-corrected chi connectivity index (χ2v) is 15.7. The van der Waals surface area contributed by atoms with E-state index in [-0.39, 0.29) is 0 Å². The zero-order valence-electron chi connectivity index (χ0n) is 17.9. The quantitative estimate of drug-likeness (QED) is 0.476. The third kappa shape index (κ3) is 2.53. The molecule has 0 radical (unpaired) electrons. The Morgan fingerprint density at radius 2 is 1.46 bits per heavy atom. The van der Waals surface area contributed by atoms with E-state index < -0.39 is 8.07 Å². The minimum Gasteiger partial charge on any atom is -0.0802 e. The van der Waals surface area contributed by atoms with Crippen molar-refractivity contribution >= 4 is 14.1 Å². The fourth-order valence-corrected chi connectivity index (χ4v) is 13.9. The SMILES string of the molecule is CC1CC([Si](C)(C)C2C(C)C(C)C(C)C2C)C2C=Cc3ccccc3C12. The molecule has 142 valence electrons. The minimum atomic E-state index is -1.37. The minimum absolute atomic E-state index is 0.759. The maximum atomic E-state index is 2.75. The molecule has 8 atom stereocenters. The van der Waals surface area contributed by atoms with Gasteiger partial charge >= 0.3 is 0 Å². The lowest BCUT2D eigenvalue weighted by Crippen LogP contribution is -2.43. The van der Waals surface area contributed by atoms with Gasteiger partial charge in [-0.15, -0.1) is 0 Å². The van der Waals surface area contributed by atoms with Crippen LogP contribution < -0.4 is 0 Å². The van der Waals surface area contributed by atoms with Gasteiger partial charge in [0.1, 0.15) is 0 Å².